The third kappa shape index (κ3) is 4.72. The summed E-state index contributed by atoms with van der Waals surface area (Å²) in [6.45, 7) is 3.33. The molecule has 0 spiro atoms. The van der Waals surface area contributed by atoms with Crippen molar-refractivity contribution in [3.05, 3.63) is 23.8 Å². The van der Waals surface area contributed by atoms with Gasteiger partial charge >= 0.3 is 0 Å². The molecule has 0 bridgehead atoms. The molecule has 1 aliphatic carbocycles. The molecule has 1 saturated heterocycles. The minimum absolute atomic E-state index is 0.0508. The summed E-state index contributed by atoms with van der Waals surface area (Å²) in [5.74, 6) is 1.43. The third-order valence-corrected chi connectivity index (χ3v) is 6.60. The van der Waals surface area contributed by atoms with Crippen LogP contribution in [0.2, 0.25) is 0 Å². The number of nitrogens with zero attached hydrogens (tertiary/aromatic N) is 1. The van der Waals surface area contributed by atoms with Crippen molar-refractivity contribution in [1.29, 1.82) is 0 Å². The molecular formula is C18H27N3O5S. The van der Waals surface area contributed by atoms with Gasteiger partial charge in [-0.15, -0.1) is 0 Å². The van der Waals surface area contributed by atoms with Crippen molar-refractivity contribution in [2.45, 2.75) is 37.8 Å². The van der Waals surface area contributed by atoms with Gasteiger partial charge in [-0.1, -0.05) is 18.9 Å². The molecule has 150 valence electrons. The fourth-order valence-corrected chi connectivity index (χ4v) is 5.10. The molecule has 0 radical (unpaired) electrons. The van der Waals surface area contributed by atoms with Crippen molar-refractivity contribution in [3.63, 3.8) is 0 Å². The molecule has 0 amide bonds. The lowest BCUT2D eigenvalue weighted by atomic mass is 10.0. The number of rotatable bonds is 7. The van der Waals surface area contributed by atoms with Crippen molar-refractivity contribution < 1.29 is 22.6 Å². The summed E-state index contributed by atoms with van der Waals surface area (Å²) in [4.78, 5) is 2.25. The molecule has 1 unspecified atom stereocenters. The van der Waals surface area contributed by atoms with E-state index in [2.05, 4.69) is 14.3 Å². The van der Waals surface area contributed by atoms with Crippen LogP contribution in [-0.2, 0) is 14.9 Å². The highest BCUT2D eigenvalue weighted by molar-refractivity contribution is 7.87. The number of ether oxygens (including phenoxy) is 3. The normalized spacial score (nSPS) is 22.2. The number of morpholine rings is 1. The Morgan fingerprint density at radius 2 is 1.85 bits per heavy atom. The van der Waals surface area contributed by atoms with Gasteiger partial charge in [-0.2, -0.15) is 13.1 Å². The van der Waals surface area contributed by atoms with E-state index in [4.69, 9.17) is 14.2 Å². The topological polar surface area (TPSA) is 89.1 Å². The van der Waals surface area contributed by atoms with Gasteiger partial charge in [0.2, 0.25) is 6.79 Å². The number of hydrogen-bond donors (Lipinski definition) is 2. The third-order valence-electron chi connectivity index (χ3n) is 5.41. The van der Waals surface area contributed by atoms with Crippen molar-refractivity contribution in [3.8, 4) is 11.5 Å². The number of nitrogens with one attached hydrogen (secondary N) is 2. The minimum Gasteiger partial charge on any atom is -0.454 e. The molecule has 3 aliphatic rings. The fraction of sp³-hybridized carbons (Fsp3) is 0.667. The molecule has 0 aromatic heterocycles. The molecule has 4 rings (SSSR count). The van der Waals surface area contributed by atoms with E-state index in [0.717, 1.165) is 50.1 Å². The van der Waals surface area contributed by atoms with Gasteiger partial charge in [0.25, 0.3) is 10.2 Å². The zero-order chi connectivity index (χ0) is 18.7. The van der Waals surface area contributed by atoms with Gasteiger partial charge in [0.05, 0.1) is 13.2 Å². The Hall–Kier alpha value is -1.39. The van der Waals surface area contributed by atoms with Crippen LogP contribution >= 0.6 is 0 Å². The van der Waals surface area contributed by atoms with Crippen molar-refractivity contribution in [2.24, 2.45) is 0 Å². The smallest absolute Gasteiger partial charge is 0.277 e. The molecule has 1 aromatic carbocycles. The van der Waals surface area contributed by atoms with E-state index in [1.165, 1.54) is 0 Å². The molecule has 1 aromatic rings. The lowest BCUT2D eigenvalue weighted by Gasteiger charge is -2.35. The summed E-state index contributed by atoms with van der Waals surface area (Å²) in [7, 11) is -3.53. The first-order chi connectivity index (χ1) is 13.1. The van der Waals surface area contributed by atoms with Gasteiger partial charge < -0.3 is 14.2 Å². The van der Waals surface area contributed by atoms with Gasteiger partial charge in [-0.3, -0.25) is 4.90 Å². The fourth-order valence-electron chi connectivity index (χ4n) is 3.96. The molecule has 27 heavy (non-hydrogen) atoms. The molecule has 9 heteroatoms. The highest BCUT2D eigenvalue weighted by atomic mass is 32.2. The van der Waals surface area contributed by atoms with Gasteiger partial charge in [0.15, 0.2) is 11.5 Å². The Morgan fingerprint density at radius 1 is 1.11 bits per heavy atom. The van der Waals surface area contributed by atoms with E-state index in [1.54, 1.807) is 0 Å². The van der Waals surface area contributed by atoms with Gasteiger partial charge in [-0.05, 0) is 30.5 Å². The first-order valence-corrected chi connectivity index (χ1v) is 11.1. The van der Waals surface area contributed by atoms with E-state index < -0.39 is 10.2 Å². The molecule has 1 atom stereocenters. The number of benzene rings is 1. The lowest BCUT2D eigenvalue weighted by Crippen LogP contribution is -2.47. The summed E-state index contributed by atoms with van der Waals surface area (Å²) < 4.78 is 46.8. The molecule has 2 heterocycles. The zero-order valence-electron chi connectivity index (χ0n) is 15.4. The summed E-state index contributed by atoms with van der Waals surface area (Å²) in [6.07, 6.45) is 3.99. The molecule has 2 fully saturated rings. The van der Waals surface area contributed by atoms with Gasteiger partial charge in [-0.25, -0.2) is 4.72 Å². The van der Waals surface area contributed by atoms with Crippen LogP contribution in [0.1, 0.15) is 37.3 Å². The summed E-state index contributed by atoms with van der Waals surface area (Å²) in [5, 5.41) is 0. The largest absolute Gasteiger partial charge is 0.454 e. The van der Waals surface area contributed by atoms with Gasteiger partial charge in [0.1, 0.15) is 0 Å². The first-order valence-electron chi connectivity index (χ1n) is 9.59. The van der Waals surface area contributed by atoms with E-state index in [1.807, 2.05) is 18.2 Å². The highest BCUT2D eigenvalue weighted by Crippen LogP contribution is 2.35. The number of hydrogen-bond acceptors (Lipinski definition) is 6. The Labute approximate surface area is 160 Å². The molecule has 2 aliphatic heterocycles. The van der Waals surface area contributed by atoms with Crippen LogP contribution in [0.25, 0.3) is 0 Å². The Kier molecular flexibility index (Phi) is 5.84. The second-order valence-corrected chi connectivity index (χ2v) is 8.76. The van der Waals surface area contributed by atoms with Crippen LogP contribution in [0.4, 0.5) is 0 Å². The van der Waals surface area contributed by atoms with Crippen LogP contribution in [0, 0.1) is 0 Å². The maximum Gasteiger partial charge on any atom is 0.277 e. The highest BCUT2D eigenvalue weighted by Gasteiger charge is 2.27. The first kappa shape index (κ1) is 18.9. The second-order valence-electron chi connectivity index (χ2n) is 7.23. The Morgan fingerprint density at radius 3 is 2.63 bits per heavy atom. The average molecular weight is 397 g/mol. The Bertz CT molecular complexity index is 745. The van der Waals surface area contributed by atoms with Crippen molar-refractivity contribution >= 4 is 10.2 Å². The predicted molar refractivity (Wildman–Crippen MR) is 100 cm³/mol. The van der Waals surface area contributed by atoms with Crippen molar-refractivity contribution in [2.75, 3.05) is 39.6 Å². The maximum atomic E-state index is 12.5. The van der Waals surface area contributed by atoms with Gasteiger partial charge in [0, 0.05) is 31.7 Å². The quantitative estimate of drug-likeness (QED) is 0.718. The average Bonchev–Trinajstić information content (AvgIpc) is 3.33. The molecule has 2 N–H and O–H groups in total. The lowest BCUT2D eigenvalue weighted by molar-refractivity contribution is 0.0171. The van der Waals surface area contributed by atoms with E-state index in [0.29, 0.717) is 25.5 Å². The SMILES string of the molecule is O=S(=O)(NCC(c1ccc2c(c1)OCO2)N1CCOCC1)NC1CCCC1. The maximum absolute atomic E-state index is 12.5. The van der Waals surface area contributed by atoms with E-state index in [9.17, 15) is 8.42 Å². The monoisotopic (exact) mass is 397 g/mol. The van der Waals surface area contributed by atoms with E-state index in [-0.39, 0.29) is 18.9 Å². The predicted octanol–water partition coefficient (Wildman–Crippen LogP) is 1.16. The van der Waals surface area contributed by atoms with Crippen LogP contribution in [0.15, 0.2) is 18.2 Å². The van der Waals surface area contributed by atoms with Crippen molar-refractivity contribution in [1.82, 2.24) is 14.3 Å². The van der Waals surface area contributed by atoms with Crippen LogP contribution < -0.4 is 18.9 Å². The zero-order valence-corrected chi connectivity index (χ0v) is 16.2. The van der Waals surface area contributed by atoms with E-state index >= 15 is 0 Å². The van der Waals surface area contributed by atoms with Crippen LogP contribution in [-0.4, -0.2) is 59.0 Å². The summed E-state index contributed by atoms with van der Waals surface area (Å²) in [5.41, 5.74) is 1.00. The summed E-state index contributed by atoms with van der Waals surface area (Å²) in [6, 6.07) is 5.77. The van der Waals surface area contributed by atoms with Crippen LogP contribution in [0.5, 0.6) is 11.5 Å². The second kappa shape index (κ2) is 8.32. The van der Waals surface area contributed by atoms with Crippen LogP contribution in [0.3, 0.4) is 0 Å². The molecule has 1 saturated carbocycles. The number of fused-ring (bicyclic) bond motifs is 1. The minimum atomic E-state index is -3.53. The standard InChI is InChI=1S/C18H27N3O5S/c22-27(23,20-15-3-1-2-4-15)19-12-16(21-7-9-24-10-8-21)14-5-6-17-18(11-14)26-13-25-17/h5-6,11,15-16,19-20H,1-4,7-10,12-13H2. The Balaban J connectivity index is 1.47. The summed E-state index contributed by atoms with van der Waals surface area (Å²) >= 11 is 0. The molecule has 8 nitrogen and oxygen atoms in total. The molecular weight excluding hydrogens is 370 g/mol.